The molecule has 1 aliphatic rings. The minimum Gasteiger partial charge on any atom is -0.456 e. The van der Waals surface area contributed by atoms with Crippen molar-refractivity contribution >= 4 is 61.4 Å². The van der Waals surface area contributed by atoms with E-state index in [0.29, 0.717) is 0 Å². The van der Waals surface area contributed by atoms with Gasteiger partial charge in [0.05, 0.1) is 0 Å². The molecule has 0 saturated carbocycles. The Labute approximate surface area is 313 Å². The second-order valence-electron chi connectivity index (χ2n) is 13.4. The number of hydrogen-bond acceptors (Lipinski definition) is 5. The highest BCUT2D eigenvalue weighted by Crippen LogP contribution is 2.40. The Bertz CT molecular complexity index is 2800. The van der Waals surface area contributed by atoms with E-state index in [9.17, 15) is 0 Å². The predicted molar refractivity (Wildman–Crippen MR) is 223 cm³/mol. The lowest BCUT2D eigenvalue weighted by atomic mass is 9.99. The largest absolute Gasteiger partial charge is 0.456 e. The van der Waals surface area contributed by atoms with Crippen LogP contribution in [-0.4, -0.2) is 11.7 Å². The smallest absolute Gasteiger partial charge is 0.170 e. The van der Waals surface area contributed by atoms with E-state index >= 15 is 0 Å². The van der Waals surface area contributed by atoms with Crippen LogP contribution in [0.4, 0.5) is 17.1 Å². The average Bonchev–Trinajstić information content (AvgIpc) is 3.63. The van der Waals surface area contributed by atoms with Crippen molar-refractivity contribution in [2.24, 2.45) is 9.98 Å². The van der Waals surface area contributed by atoms with Crippen LogP contribution in [0.15, 0.2) is 209 Å². The molecule has 0 bridgehead atoms. The molecule has 0 amide bonds. The van der Waals surface area contributed by atoms with Crippen LogP contribution in [0.1, 0.15) is 22.9 Å². The zero-order valence-electron chi connectivity index (χ0n) is 29.3. The van der Waals surface area contributed by atoms with Gasteiger partial charge in [-0.3, -0.25) is 0 Å². The molecule has 1 aromatic heterocycles. The number of hydrogen-bond donors (Lipinski definition) is 1. The predicted octanol–water partition coefficient (Wildman–Crippen LogP) is 12.4. The number of benzene rings is 8. The van der Waals surface area contributed by atoms with Gasteiger partial charge in [0, 0.05) is 44.5 Å². The van der Waals surface area contributed by atoms with Crippen LogP contribution in [0.5, 0.6) is 0 Å². The minimum atomic E-state index is -0.482. The summed E-state index contributed by atoms with van der Waals surface area (Å²) in [6.45, 7) is 0. The fourth-order valence-electron chi connectivity index (χ4n) is 7.55. The molecule has 9 aromatic rings. The second kappa shape index (κ2) is 13.4. The van der Waals surface area contributed by atoms with Gasteiger partial charge in [-0.15, -0.1) is 0 Å². The number of aliphatic imine (C=N–C) groups is 2. The third kappa shape index (κ3) is 5.69. The highest BCUT2D eigenvalue weighted by Gasteiger charge is 2.25. The van der Waals surface area contributed by atoms with Gasteiger partial charge in [-0.05, 0) is 76.5 Å². The molecule has 0 fully saturated rings. The monoisotopic (exact) mass is 694 g/mol. The van der Waals surface area contributed by atoms with E-state index in [4.69, 9.17) is 14.4 Å². The summed E-state index contributed by atoms with van der Waals surface area (Å²) in [7, 11) is 0. The first-order valence-electron chi connectivity index (χ1n) is 18.2. The van der Waals surface area contributed by atoms with Gasteiger partial charge in [-0.1, -0.05) is 140 Å². The molecular weight excluding hydrogens is 661 g/mol. The Kier molecular flexibility index (Phi) is 7.81. The van der Waals surface area contributed by atoms with E-state index in [0.717, 1.165) is 89.3 Å². The first-order chi connectivity index (χ1) is 26.8. The maximum Gasteiger partial charge on any atom is 0.170 e. The lowest BCUT2D eigenvalue weighted by Gasteiger charge is -2.25. The number of anilines is 3. The standard InChI is InChI=1S/C49H34N4O/c1-4-15-35(16-5-1)47-50-48(41-23-12-17-34-14-10-11-22-40(34)41)52-49(51-47)43-24-13-25-44-46(43)42-31-28-36(32-45(42)54-44)33-26-29-39(30-27-33)53(37-18-6-2-7-19-37)38-20-8-3-9-21-38/h1-32,49H,(H,50,51,52). The Morgan fingerprint density at radius 2 is 1.06 bits per heavy atom. The van der Waals surface area contributed by atoms with Gasteiger partial charge >= 0.3 is 0 Å². The minimum absolute atomic E-state index is 0.482. The molecule has 1 aliphatic heterocycles. The zero-order valence-corrected chi connectivity index (χ0v) is 29.3. The summed E-state index contributed by atoms with van der Waals surface area (Å²) in [6.07, 6.45) is -0.482. The molecule has 8 aromatic carbocycles. The number of furan rings is 1. The van der Waals surface area contributed by atoms with E-state index in [-0.39, 0.29) is 0 Å². The summed E-state index contributed by atoms with van der Waals surface area (Å²) < 4.78 is 6.58. The van der Waals surface area contributed by atoms with Crippen LogP contribution < -0.4 is 10.2 Å². The normalized spacial score (nSPS) is 14.1. The molecule has 1 N–H and O–H groups in total. The highest BCUT2D eigenvalue weighted by atomic mass is 16.3. The van der Waals surface area contributed by atoms with Crippen molar-refractivity contribution in [3.05, 3.63) is 211 Å². The zero-order chi connectivity index (χ0) is 35.8. The van der Waals surface area contributed by atoms with Gasteiger partial charge in [-0.25, -0.2) is 9.98 Å². The topological polar surface area (TPSA) is 53.1 Å². The van der Waals surface area contributed by atoms with E-state index in [1.54, 1.807) is 0 Å². The van der Waals surface area contributed by atoms with Gasteiger partial charge in [-0.2, -0.15) is 0 Å². The number of rotatable bonds is 7. The molecule has 54 heavy (non-hydrogen) atoms. The van der Waals surface area contributed by atoms with Crippen molar-refractivity contribution in [2.75, 3.05) is 4.90 Å². The number of amidine groups is 2. The van der Waals surface area contributed by atoms with Crippen LogP contribution in [-0.2, 0) is 0 Å². The fourth-order valence-corrected chi connectivity index (χ4v) is 7.55. The number of fused-ring (bicyclic) bond motifs is 4. The van der Waals surface area contributed by atoms with Crippen LogP contribution in [0.3, 0.4) is 0 Å². The van der Waals surface area contributed by atoms with E-state index < -0.39 is 6.17 Å². The van der Waals surface area contributed by atoms with Crippen molar-refractivity contribution in [1.82, 2.24) is 5.32 Å². The third-order valence-electron chi connectivity index (χ3n) is 10.1. The van der Waals surface area contributed by atoms with Crippen molar-refractivity contribution in [3.8, 4) is 11.1 Å². The number of para-hydroxylation sites is 2. The van der Waals surface area contributed by atoms with Gasteiger partial charge in [0.25, 0.3) is 0 Å². The Hall–Kier alpha value is -7.24. The maximum atomic E-state index is 6.58. The molecule has 1 unspecified atom stereocenters. The average molecular weight is 695 g/mol. The third-order valence-corrected chi connectivity index (χ3v) is 10.1. The van der Waals surface area contributed by atoms with E-state index in [1.165, 1.54) is 0 Å². The molecule has 0 radical (unpaired) electrons. The summed E-state index contributed by atoms with van der Waals surface area (Å²) >= 11 is 0. The molecule has 0 spiro atoms. The molecule has 0 aliphatic carbocycles. The highest BCUT2D eigenvalue weighted by molar-refractivity contribution is 6.20. The maximum absolute atomic E-state index is 6.58. The second-order valence-corrected chi connectivity index (χ2v) is 13.4. The van der Waals surface area contributed by atoms with E-state index in [1.807, 2.05) is 42.5 Å². The molecule has 10 rings (SSSR count). The first kappa shape index (κ1) is 31.5. The number of nitrogens with zero attached hydrogens (tertiary/aromatic N) is 3. The fraction of sp³-hybridized carbons (Fsp3) is 0.0204. The summed E-state index contributed by atoms with van der Waals surface area (Å²) in [5.41, 5.74) is 10.2. The van der Waals surface area contributed by atoms with Gasteiger partial charge in [0.1, 0.15) is 22.8 Å². The molecular formula is C49H34N4O. The van der Waals surface area contributed by atoms with Crippen LogP contribution in [0, 0.1) is 0 Å². The summed E-state index contributed by atoms with van der Waals surface area (Å²) in [4.78, 5) is 12.8. The SMILES string of the molecule is c1ccc(C2=NC(c3cccc4oc5cc(-c6ccc(N(c7ccccc7)c7ccccc7)cc6)ccc5c34)N=C(c3cccc4ccccc34)N2)cc1. The Morgan fingerprint density at radius 3 is 1.81 bits per heavy atom. The van der Waals surface area contributed by atoms with Crippen molar-refractivity contribution in [1.29, 1.82) is 0 Å². The van der Waals surface area contributed by atoms with Crippen LogP contribution in [0.2, 0.25) is 0 Å². The molecule has 1 atom stereocenters. The quantitative estimate of drug-likeness (QED) is 0.181. The summed E-state index contributed by atoms with van der Waals surface area (Å²) in [5.74, 6) is 1.58. The number of nitrogens with one attached hydrogen (secondary N) is 1. The molecule has 2 heterocycles. The van der Waals surface area contributed by atoms with E-state index in [2.05, 4.69) is 162 Å². The summed E-state index contributed by atoms with van der Waals surface area (Å²) in [5, 5.41) is 7.96. The van der Waals surface area contributed by atoms with Gasteiger partial charge < -0.3 is 14.6 Å². The van der Waals surface area contributed by atoms with Crippen molar-refractivity contribution in [3.63, 3.8) is 0 Å². The van der Waals surface area contributed by atoms with Crippen LogP contribution >= 0.6 is 0 Å². The van der Waals surface area contributed by atoms with Crippen molar-refractivity contribution < 1.29 is 4.42 Å². The Morgan fingerprint density at radius 1 is 0.444 bits per heavy atom. The first-order valence-corrected chi connectivity index (χ1v) is 18.2. The molecule has 256 valence electrons. The van der Waals surface area contributed by atoms with Crippen molar-refractivity contribution in [2.45, 2.75) is 6.17 Å². The molecule has 0 saturated heterocycles. The summed E-state index contributed by atoms with van der Waals surface area (Å²) in [6, 6.07) is 67.4. The lowest BCUT2D eigenvalue weighted by Crippen LogP contribution is -2.36. The van der Waals surface area contributed by atoms with Gasteiger partial charge in [0.15, 0.2) is 6.17 Å². The van der Waals surface area contributed by atoms with Crippen LogP contribution in [0.25, 0.3) is 43.8 Å². The molecule has 5 heteroatoms. The Balaban J connectivity index is 1.05. The molecule has 5 nitrogen and oxygen atoms in total. The van der Waals surface area contributed by atoms with Gasteiger partial charge in [0.2, 0.25) is 0 Å². The lowest BCUT2D eigenvalue weighted by molar-refractivity contribution is 0.668.